The molecule has 1 aromatic heterocycles. The monoisotopic (exact) mass is 357 g/mol. The first kappa shape index (κ1) is 19.0. The summed E-state index contributed by atoms with van der Waals surface area (Å²) in [6, 6.07) is 5.37. The lowest BCUT2D eigenvalue weighted by Crippen LogP contribution is -2.49. The van der Waals surface area contributed by atoms with E-state index >= 15 is 0 Å². The van der Waals surface area contributed by atoms with Crippen LogP contribution in [0.1, 0.15) is 18.4 Å². The number of H-pyrrole nitrogens is 1. The highest BCUT2D eigenvalue weighted by Gasteiger charge is 2.24. The number of para-hydroxylation sites is 1. The van der Waals surface area contributed by atoms with Gasteiger partial charge in [-0.05, 0) is 24.5 Å². The van der Waals surface area contributed by atoms with Gasteiger partial charge >= 0.3 is 12.2 Å². The van der Waals surface area contributed by atoms with Gasteiger partial charge in [0.2, 0.25) is 11.7 Å². The van der Waals surface area contributed by atoms with Crippen molar-refractivity contribution in [1.29, 1.82) is 0 Å². The molecule has 2 rings (SSSR count). The van der Waals surface area contributed by atoms with Crippen LogP contribution in [0.15, 0.2) is 30.5 Å². The van der Waals surface area contributed by atoms with Crippen LogP contribution in [-0.2, 0) is 20.8 Å². The van der Waals surface area contributed by atoms with Crippen LogP contribution in [0.4, 0.5) is 0 Å². The number of Topliss-reactive ketones (excluding diaryl/α,β-unsaturated/α-hetero) is 1. The Labute approximate surface area is 148 Å². The van der Waals surface area contributed by atoms with Crippen molar-refractivity contribution < 1.29 is 24.3 Å². The van der Waals surface area contributed by atoms with E-state index in [-0.39, 0.29) is 19.3 Å². The van der Waals surface area contributed by atoms with Crippen LogP contribution in [0.3, 0.4) is 0 Å². The summed E-state index contributed by atoms with van der Waals surface area (Å²) in [5.74, 6) is -2.44. The lowest BCUT2D eigenvalue weighted by Gasteiger charge is -2.17. The van der Waals surface area contributed by atoms with Crippen LogP contribution in [0.5, 0.6) is 0 Å². The summed E-state index contributed by atoms with van der Waals surface area (Å²) in [4.78, 5) is 40.4. The highest BCUT2D eigenvalue weighted by Crippen LogP contribution is 2.18. The van der Waals surface area contributed by atoms with Crippen molar-refractivity contribution >= 4 is 34.8 Å². The minimum absolute atomic E-state index is 0.133. The topological polar surface area (TPSA) is 162 Å². The highest BCUT2D eigenvalue weighted by molar-refractivity contribution is 6.25. The number of nitrogens with two attached hydrogens (primary N) is 1. The molecule has 9 nitrogen and oxygen atoms in total. The van der Waals surface area contributed by atoms with E-state index in [1.165, 1.54) is 0 Å². The van der Waals surface area contributed by atoms with Crippen LogP contribution >= 0.6 is 0 Å². The molecule has 0 radical (unpaired) electrons. The summed E-state index contributed by atoms with van der Waals surface area (Å²) < 4.78 is 0. The molecule has 1 aromatic carbocycles. The second-order valence-electron chi connectivity index (χ2n) is 5.82. The fraction of sp³-hybridized carbons (Fsp3) is 0.294. The second-order valence-corrected chi connectivity index (χ2v) is 5.82. The molecular formula is C17H19N5O4. The SMILES string of the molecule is [N-]=[N+]=CC(=O)CCC(NC(=O)C(N)Cc1c[nH]c2ccccc12)C(=O)O. The molecule has 0 aliphatic carbocycles. The Hall–Kier alpha value is -3.29. The van der Waals surface area contributed by atoms with Crippen molar-refractivity contribution in [2.75, 3.05) is 0 Å². The molecule has 0 saturated heterocycles. The zero-order valence-electron chi connectivity index (χ0n) is 13.9. The minimum Gasteiger partial charge on any atom is -0.480 e. The number of hydrogen-bond acceptors (Lipinski definition) is 4. The number of carbonyl (C=O) groups is 3. The van der Waals surface area contributed by atoms with Gasteiger partial charge in [-0.25, -0.2) is 4.79 Å². The number of carboxylic acid groups (broad SMARTS) is 1. The second kappa shape index (κ2) is 8.70. The van der Waals surface area contributed by atoms with Crippen molar-refractivity contribution in [3.8, 4) is 0 Å². The van der Waals surface area contributed by atoms with E-state index in [0.717, 1.165) is 16.5 Å². The third-order valence-electron chi connectivity index (χ3n) is 3.95. The number of hydrogen-bond donors (Lipinski definition) is 4. The lowest BCUT2D eigenvalue weighted by molar-refractivity contribution is -0.142. The maximum atomic E-state index is 12.2. The smallest absolute Gasteiger partial charge is 0.326 e. The van der Waals surface area contributed by atoms with Crippen LogP contribution in [0.2, 0.25) is 0 Å². The molecule has 1 heterocycles. The maximum Gasteiger partial charge on any atom is 0.326 e. The number of benzene rings is 1. The normalized spacial score (nSPS) is 12.8. The molecule has 5 N–H and O–H groups in total. The van der Waals surface area contributed by atoms with E-state index in [9.17, 15) is 19.5 Å². The third-order valence-corrected chi connectivity index (χ3v) is 3.95. The fourth-order valence-electron chi connectivity index (χ4n) is 2.58. The number of carboxylic acids is 1. The van der Waals surface area contributed by atoms with Gasteiger partial charge in [0.05, 0.1) is 6.04 Å². The van der Waals surface area contributed by atoms with Crippen LogP contribution < -0.4 is 11.1 Å². The van der Waals surface area contributed by atoms with Crippen molar-refractivity contribution in [2.45, 2.75) is 31.3 Å². The van der Waals surface area contributed by atoms with Crippen molar-refractivity contribution in [1.82, 2.24) is 10.3 Å². The molecule has 0 bridgehead atoms. The Morgan fingerprint density at radius 3 is 2.77 bits per heavy atom. The quantitative estimate of drug-likeness (QED) is 0.287. The molecule has 2 aromatic rings. The van der Waals surface area contributed by atoms with E-state index in [2.05, 4.69) is 15.1 Å². The average Bonchev–Trinajstić information content (AvgIpc) is 3.01. The molecule has 136 valence electrons. The van der Waals surface area contributed by atoms with Crippen molar-refractivity contribution in [3.63, 3.8) is 0 Å². The Bertz CT molecular complexity index is 869. The van der Waals surface area contributed by atoms with Gasteiger partial charge in [-0.1, -0.05) is 18.2 Å². The van der Waals surface area contributed by atoms with Gasteiger partial charge in [-0.15, -0.1) is 0 Å². The number of fused-ring (bicyclic) bond motifs is 1. The summed E-state index contributed by atoms with van der Waals surface area (Å²) in [6.07, 6.45) is 2.37. The highest BCUT2D eigenvalue weighted by atomic mass is 16.4. The van der Waals surface area contributed by atoms with Crippen molar-refractivity contribution in [2.24, 2.45) is 5.73 Å². The third kappa shape index (κ3) is 4.85. The van der Waals surface area contributed by atoms with Crippen LogP contribution in [0, 0.1) is 0 Å². The Morgan fingerprint density at radius 1 is 1.35 bits per heavy atom. The molecule has 2 atom stereocenters. The summed E-state index contributed by atoms with van der Waals surface area (Å²) in [6.45, 7) is 0. The number of nitrogens with one attached hydrogen (secondary N) is 2. The van der Waals surface area contributed by atoms with Gasteiger partial charge in [0.1, 0.15) is 6.04 Å². The molecule has 0 aliphatic rings. The lowest BCUT2D eigenvalue weighted by atomic mass is 10.0. The van der Waals surface area contributed by atoms with E-state index in [4.69, 9.17) is 11.3 Å². The number of aromatic nitrogens is 1. The van der Waals surface area contributed by atoms with E-state index in [0.29, 0.717) is 6.21 Å². The van der Waals surface area contributed by atoms with E-state index < -0.39 is 29.7 Å². The van der Waals surface area contributed by atoms with Gasteiger partial charge in [0.15, 0.2) is 0 Å². The molecule has 0 saturated carbocycles. The predicted molar refractivity (Wildman–Crippen MR) is 93.5 cm³/mol. The summed E-state index contributed by atoms with van der Waals surface area (Å²) in [7, 11) is 0. The number of aromatic amines is 1. The molecule has 1 amide bonds. The fourth-order valence-corrected chi connectivity index (χ4v) is 2.58. The first-order valence-electron chi connectivity index (χ1n) is 7.96. The number of carbonyl (C=O) groups excluding carboxylic acids is 2. The summed E-state index contributed by atoms with van der Waals surface area (Å²) in [5, 5.41) is 12.5. The van der Waals surface area contributed by atoms with Gasteiger partial charge in [0, 0.05) is 23.5 Å². The predicted octanol–water partition coefficient (Wildman–Crippen LogP) is 0.257. The number of aliphatic carboxylic acids is 1. The molecule has 0 spiro atoms. The van der Waals surface area contributed by atoms with Crippen LogP contribution in [0.25, 0.3) is 16.4 Å². The number of nitrogens with zero attached hydrogens (tertiary/aromatic N) is 2. The van der Waals surface area contributed by atoms with Gasteiger partial charge in [-0.3, -0.25) is 9.59 Å². The molecule has 2 unspecified atom stereocenters. The molecular weight excluding hydrogens is 338 g/mol. The van der Waals surface area contributed by atoms with Crippen molar-refractivity contribution in [3.05, 3.63) is 41.6 Å². The number of ketones is 1. The van der Waals surface area contributed by atoms with Crippen LogP contribution in [-0.4, -0.2) is 50.8 Å². The van der Waals surface area contributed by atoms with Gasteiger partial charge in [0.25, 0.3) is 0 Å². The first-order valence-corrected chi connectivity index (χ1v) is 7.96. The Balaban J connectivity index is 1.98. The maximum absolute atomic E-state index is 12.2. The minimum atomic E-state index is -1.27. The molecule has 0 fully saturated rings. The standard InChI is InChI=1S/C17H19N5O4/c18-13(7-10-8-20-14-4-2-1-3-12(10)14)16(24)22-15(17(25)26)6-5-11(23)9-21-19/h1-4,8-9,13,15,20H,5-7,18H2,(H,22,24)(H,25,26). The first-order chi connectivity index (χ1) is 12.4. The summed E-state index contributed by atoms with van der Waals surface area (Å²) in [5.41, 5.74) is 16.0. The largest absolute Gasteiger partial charge is 0.480 e. The zero-order valence-corrected chi connectivity index (χ0v) is 13.9. The Kier molecular flexibility index (Phi) is 6.37. The number of amides is 1. The zero-order chi connectivity index (χ0) is 19.1. The summed E-state index contributed by atoms with van der Waals surface area (Å²) >= 11 is 0. The molecule has 9 heteroatoms. The number of rotatable bonds is 9. The Morgan fingerprint density at radius 2 is 2.08 bits per heavy atom. The van der Waals surface area contributed by atoms with E-state index in [1.54, 1.807) is 6.20 Å². The molecule has 26 heavy (non-hydrogen) atoms. The van der Waals surface area contributed by atoms with Gasteiger partial charge < -0.3 is 26.7 Å². The average molecular weight is 357 g/mol. The van der Waals surface area contributed by atoms with Gasteiger partial charge in [-0.2, -0.15) is 4.79 Å². The van der Waals surface area contributed by atoms with E-state index in [1.807, 2.05) is 24.3 Å². The molecule has 0 aliphatic heterocycles.